The van der Waals surface area contributed by atoms with Crippen molar-refractivity contribution < 1.29 is 14.6 Å². The minimum absolute atomic E-state index is 0.0512. The molecule has 3 aromatic rings. The van der Waals surface area contributed by atoms with Crippen LogP contribution in [0.1, 0.15) is 11.4 Å². The van der Waals surface area contributed by atoms with Gasteiger partial charge in [0.05, 0.1) is 19.9 Å². The summed E-state index contributed by atoms with van der Waals surface area (Å²) in [5, 5.41) is 22.5. The number of rotatable bonds is 9. The summed E-state index contributed by atoms with van der Waals surface area (Å²) in [5.74, 6) is 2.61. The van der Waals surface area contributed by atoms with Gasteiger partial charge in [-0.15, -0.1) is 10.2 Å². The monoisotopic (exact) mass is 384 g/mol. The second-order valence-electron chi connectivity index (χ2n) is 5.40. The SMILES string of the molecule is COc1ccc(/C=N/n2c(COc3ccccc3)nnc2SCCO)cc1. The molecule has 1 heterocycles. The Labute approximate surface area is 161 Å². The van der Waals surface area contributed by atoms with Gasteiger partial charge >= 0.3 is 0 Å². The number of methoxy groups -OCH3 is 1. The molecule has 7 nitrogen and oxygen atoms in total. The summed E-state index contributed by atoms with van der Waals surface area (Å²) in [4.78, 5) is 0. The summed E-state index contributed by atoms with van der Waals surface area (Å²) in [7, 11) is 1.63. The molecular weight excluding hydrogens is 364 g/mol. The highest BCUT2D eigenvalue weighted by Gasteiger charge is 2.12. The molecule has 27 heavy (non-hydrogen) atoms. The molecule has 8 heteroatoms. The van der Waals surface area contributed by atoms with Crippen LogP contribution in [0.25, 0.3) is 0 Å². The predicted octanol–water partition coefficient (Wildman–Crippen LogP) is 2.83. The van der Waals surface area contributed by atoms with Gasteiger partial charge < -0.3 is 14.6 Å². The van der Waals surface area contributed by atoms with Crippen LogP contribution in [0.5, 0.6) is 11.5 Å². The second kappa shape index (κ2) is 9.75. The highest BCUT2D eigenvalue weighted by molar-refractivity contribution is 7.99. The zero-order valence-corrected chi connectivity index (χ0v) is 15.7. The third-order valence-electron chi connectivity index (χ3n) is 3.55. The Kier molecular flexibility index (Phi) is 6.84. The molecule has 0 atom stereocenters. The lowest BCUT2D eigenvalue weighted by Crippen LogP contribution is -2.05. The minimum atomic E-state index is 0.0512. The zero-order chi connectivity index (χ0) is 18.9. The quantitative estimate of drug-likeness (QED) is 0.451. The first-order chi connectivity index (χ1) is 13.3. The van der Waals surface area contributed by atoms with Crippen LogP contribution < -0.4 is 9.47 Å². The van der Waals surface area contributed by atoms with Crippen molar-refractivity contribution in [1.29, 1.82) is 0 Å². The van der Waals surface area contributed by atoms with E-state index in [1.807, 2.05) is 54.6 Å². The Bertz CT molecular complexity index is 866. The van der Waals surface area contributed by atoms with Crippen LogP contribution >= 0.6 is 11.8 Å². The predicted molar refractivity (Wildman–Crippen MR) is 105 cm³/mol. The van der Waals surface area contributed by atoms with Crippen molar-refractivity contribution in [3.8, 4) is 11.5 Å². The molecule has 3 rings (SSSR count). The molecule has 0 unspecified atom stereocenters. The molecule has 0 amide bonds. The standard InChI is InChI=1S/C19H20N4O3S/c1-25-16-9-7-15(8-10-16)13-20-23-18(21-22-19(23)27-12-11-24)14-26-17-5-3-2-4-6-17/h2-10,13,24H,11-12,14H2,1H3/b20-13+. The summed E-state index contributed by atoms with van der Waals surface area (Å²) < 4.78 is 12.6. The maximum absolute atomic E-state index is 9.08. The Morgan fingerprint density at radius 2 is 1.85 bits per heavy atom. The smallest absolute Gasteiger partial charge is 0.212 e. The molecule has 0 bridgehead atoms. The number of aliphatic hydroxyl groups excluding tert-OH is 1. The molecule has 1 N–H and O–H groups in total. The maximum Gasteiger partial charge on any atom is 0.212 e. The van der Waals surface area contributed by atoms with Crippen molar-refractivity contribution in [3.05, 3.63) is 66.0 Å². The van der Waals surface area contributed by atoms with Gasteiger partial charge in [0, 0.05) is 5.75 Å². The van der Waals surface area contributed by atoms with Crippen molar-refractivity contribution in [2.45, 2.75) is 11.8 Å². The van der Waals surface area contributed by atoms with E-state index in [1.54, 1.807) is 18.0 Å². The van der Waals surface area contributed by atoms with Crippen LogP contribution in [0.2, 0.25) is 0 Å². The fraction of sp³-hybridized carbons (Fsp3) is 0.211. The Morgan fingerprint density at radius 3 is 2.56 bits per heavy atom. The average molecular weight is 384 g/mol. The van der Waals surface area contributed by atoms with Gasteiger partial charge in [0.2, 0.25) is 5.16 Å². The number of thioether (sulfide) groups is 1. The highest BCUT2D eigenvalue weighted by Crippen LogP contribution is 2.18. The first-order valence-electron chi connectivity index (χ1n) is 8.34. The van der Waals surface area contributed by atoms with E-state index in [0.717, 1.165) is 17.1 Å². The van der Waals surface area contributed by atoms with Gasteiger partial charge in [0.15, 0.2) is 5.82 Å². The van der Waals surface area contributed by atoms with E-state index in [2.05, 4.69) is 15.3 Å². The first kappa shape index (κ1) is 18.9. The van der Waals surface area contributed by atoms with Crippen LogP contribution in [0.3, 0.4) is 0 Å². The number of benzene rings is 2. The Balaban J connectivity index is 1.78. The van der Waals surface area contributed by atoms with Gasteiger partial charge in [-0.3, -0.25) is 0 Å². The molecule has 1 aromatic heterocycles. The van der Waals surface area contributed by atoms with Crippen molar-refractivity contribution in [2.24, 2.45) is 5.10 Å². The summed E-state index contributed by atoms with van der Waals surface area (Å²) in [6.07, 6.45) is 1.72. The molecule has 0 aliphatic rings. The van der Waals surface area contributed by atoms with Crippen LogP contribution in [-0.4, -0.2) is 45.7 Å². The number of para-hydroxylation sites is 1. The van der Waals surface area contributed by atoms with Crippen molar-refractivity contribution in [2.75, 3.05) is 19.5 Å². The molecule has 0 spiro atoms. The summed E-state index contributed by atoms with van der Waals surface area (Å²) >= 11 is 1.38. The van der Waals surface area contributed by atoms with Crippen LogP contribution in [0.4, 0.5) is 0 Å². The van der Waals surface area contributed by atoms with Gasteiger partial charge in [0.25, 0.3) is 0 Å². The molecule has 0 radical (unpaired) electrons. The van der Waals surface area contributed by atoms with E-state index in [-0.39, 0.29) is 13.2 Å². The fourth-order valence-corrected chi connectivity index (χ4v) is 2.85. The maximum atomic E-state index is 9.08. The molecule has 2 aromatic carbocycles. The van der Waals surface area contributed by atoms with Crippen LogP contribution in [0.15, 0.2) is 64.9 Å². The van der Waals surface area contributed by atoms with Crippen LogP contribution in [-0.2, 0) is 6.61 Å². The zero-order valence-electron chi connectivity index (χ0n) is 14.9. The summed E-state index contributed by atoms with van der Waals surface area (Å²) in [6, 6.07) is 17.1. The van der Waals surface area contributed by atoms with E-state index < -0.39 is 0 Å². The number of hydrogen-bond acceptors (Lipinski definition) is 7. The number of ether oxygens (including phenoxy) is 2. The van der Waals surface area contributed by atoms with E-state index in [9.17, 15) is 0 Å². The first-order valence-corrected chi connectivity index (χ1v) is 9.33. The number of aromatic nitrogens is 3. The van der Waals surface area contributed by atoms with Crippen LogP contribution in [0, 0.1) is 0 Å². The van der Waals surface area contributed by atoms with Crippen molar-refractivity contribution >= 4 is 18.0 Å². The van der Waals surface area contributed by atoms with Gasteiger partial charge in [-0.05, 0) is 42.0 Å². The lowest BCUT2D eigenvalue weighted by atomic mass is 10.2. The number of hydrogen-bond donors (Lipinski definition) is 1. The topological polar surface area (TPSA) is 81.8 Å². The largest absolute Gasteiger partial charge is 0.497 e. The van der Waals surface area contributed by atoms with E-state index in [0.29, 0.717) is 16.7 Å². The molecule has 140 valence electrons. The lowest BCUT2D eigenvalue weighted by Gasteiger charge is -2.06. The van der Waals surface area contributed by atoms with E-state index in [1.165, 1.54) is 11.8 Å². The molecule has 0 saturated carbocycles. The number of nitrogens with zero attached hydrogens (tertiary/aromatic N) is 4. The van der Waals surface area contributed by atoms with Gasteiger partial charge in [-0.25, -0.2) is 0 Å². The second-order valence-corrected chi connectivity index (χ2v) is 6.46. The lowest BCUT2D eigenvalue weighted by molar-refractivity contribution is 0.290. The molecule has 0 saturated heterocycles. The molecule has 0 aliphatic carbocycles. The molecule has 0 fully saturated rings. The van der Waals surface area contributed by atoms with Gasteiger partial charge in [-0.2, -0.15) is 9.78 Å². The third kappa shape index (κ3) is 5.32. The van der Waals surface area contributed by atoms with Gasteiger partial charge in [-0.1, -0.05) is 30.0 Å². The minimum Gasteiger partial charge on any atom is -0.497 e. The molecular formula is C19H20N4O3S. The number of aliphatic hydroxyl groups is 1. The highest BCUT2D eigenvalue weighted by atomic mass is 32.2. The van der Waals surface area contributed by atoms with E-state index >= 15 is 0 Å². The average Bonchev–Trinajstić information content (AvgIpc) is 3.12. The molecule has 0 aliphatic heterocycles. The van der Waals surface area contributed by atoms with E-state index in [4.69, 9.17) is 14.6 Å². The summed E-state index contributed by atoms with van der Waals surface area (Å²) in [5.41, 5.74) is 0.914. The summed E-state index contributed by atoms with van der Waals surface area (Å²) in [6.45, 7) is 0.284. The Morgan fingerprint density at radius 1 is 1.07 bits per heavy atom. The van der Waals surface area contributed by atoms with Gasteiger partial charge in [0.1, 0.15) is 18.1 Å². The normalized spacial score (nSPS) is 11.0. The van der Waals surface area contributed by atoms with Crippen molar-refractivity contribution in [3.63, 3.8) is 0 Å². The third-order valence-corrected chi connectivity index (χ3v) is 4.45. The Hall–Kier alpha value is -2.84. The fourth-order valence-electron chi connectivity index (χ4n) is 2.21. The van der Waals surface area contributed by atoms with Crippen molar-refractivity contribution in [1.82, 2.24) is 14.9 Å².